The summed E-state index contributed by atoms with van der Waals surface area (Å²) in [4.78, 5) is 40.4. The van der Waals surface area contributed by atoms with Gasteiger partial charge in [-0.1, -0.05) is 48.5 Å². The van der Waals surface area contributed by atoms with Crippen molar-refractivity contribution >= 4 is 29.3 Å². The van der Waals surface area contributed by atoms with Gasteiger partial charge in [0.25, 0.3) is 5.91 Å². The van der Waals surface area contributed by atoms with Gasteiger partial charge in [0.2, 0.25) is 0 Å². The van der Waals surface area contributed by atoms with E-state index in [1.807, 2.05) is 36.4 Å². The number of aliphatic carboxylic acids is 1. The van der Waals surface area contributed by atoms with E-state index in [0.717, 1.165) is 22.3 Å². The highest BCUT2D eigenvalue weighted by Crippen LogP contribution is 2.44. The lowest BCUT2D eigenvalue weighted by atomic mass is 9.98. The number of carbonyl (C=O) groups is 3. The number of fused-ring (bicyclic) bond motifs is 3. The van der Waals surface area contributed by atoms with Crippen molar-refractivity contribution in [3.05, 3.63) is 75.2 Å². The molecule has 9 nitrogen and oxygen atoms in total. The molecule has 0 saturated heterocycles. The molecule has 34 heavy (non-hydrogen) atoms. The number of aryl methyl sites for hydroxylation is 1. The van der Waals surface area contributed by atoms with E-state index in [1.165, 1.54) is 11.3 Å². The number of amides is 2. The third-order valence-corrected chi connectivity index (χ3v) is 6.54. The Morgan fingerprint density at radius 1 is 1.09 bits per heavy atom. The number of aliphatic hydroxyl groups excluding tert-OH is 1. The Kier molecular flexibility index (Phi) is 6.90. The number of alkyl carbamates (subject to hydrolysis) is 1. The van der Waals surface area contributed by atoms with Crippen molar-refractivity contribution < 1.29 is 29.3 Å². The summed E-state index contributed by atoms with van der Waals surface area (Å²) < 4.78 is 5.49. The lowest BCUT2D eigenvalue weighted by molar-refractivity contribution is -0.140. The molecule has 0 saturated carbocycles. The molecule has 1 aliphatic carbocycles. The van der Waals surface area contributed by atoms with Crippen LogP contribution < -0.4 is 10.6 Å². The highest BCUT2D eigenvalue weighted by Gasteiger charge is 2.29. The zero-order valence-electron chi connectivity index (χ0n) is 18.3. The van der Waals surface area contributed by atoms with Crippen LogP contribution in [0, 0.1) is 6.92 Å². The first-order valence-corrected chi connectivity index (χ1v) is 11.4. The van der Waals surface area contributed by atoms with Crippen LogP contribution in [0.4, 0.5) is 4.79 Å². The molecule has 4 N–H and O–H groups in total. The van der Waals surface area contributed by atoms with Crippen LogP contribution in [-0.4, -0.2) is 52.4 Å². The van der Waals surface area contributed by atoms with Crippen LogP contribution in [0.5, 0.6) is 0 Å². The number of rotatable bonds is 8. The summed E-state index contributed by atoms with van der Waals surface area (Å²) in [6.07, 6.45) is -0.605. The van der Waals surface area contributed by atoms with E-state index in [0.29, 0.717) is 9.88 Å². The van der Waals surface area contributed by atoms with Gasteiger partial charge in [0.1, 0.15) is 17.3 Å². The number of hydrogen-bond donors (Lipinski definition) is 4. The van der Waals surface area contributed by atoms with Gasteiger partial charge in [0.15, 0.2) is 6.04 Å². The minimum absolute atomic E-state index is 0.0500. The molecule has 2 aromatic carbocycles. The van der Waals surface area contributed by atoms with Gasteiger partial charge in [-0.05, 0) is 29.2 Å². The number of benzene rings is 2. The first kappa shape index (κ1) is 23.4. The van der Waals surface area contributed by atoms with E-state index >= 15 is 0 Å². The lowest BCUT2D eigenvalue weighted by Crippen LogP contribution is -2.43. The number of nitrogens with one attached hydrogen (secondary N) is 2. The van der Waals surface area contributed by atoms with Crippen molar-refractivity contribution in [2.45, 2.75) is 25.4 Å². The second kappa shape index (κ2) is 10.0. The van der Waals surface area contributed by atoms with E-state index in [-0.39, 0.29) is 24.8 Å². The van der Waals surface area contributed by atoms with Crippen molar-refractivity contribution in [2.75, 3.05) is 13.2 Å². The largest absolute Gasteiger partial charge is 0.480 e. The lowest BCUT2D eigenvalue weighted by Gasteiger charge is -2.14. The zero-order chi connectivity index (χ0) is 24.2. The van der Waals surface area contributed by atoms with Gasteiger partial charge >= 0.3 is 12.1 Å². The second-order valence-corrected chi connectivity index (χ2v) is 9.03. The normalized spacial score (nSPS) is 13.0. The molecule has 4 rings (SSSR count). The zero-order valence-corrected chi connectivity index (χ0v) is 19.1. The molecule has 10 heteroatoms. The van der Waals surface area contributed by atoms with E-state index in [9.17, 15) is 14.4 Å². The average Bonchev–Trinajstić information content (AvgIpc) is 3.37. The number of carbonyl (C=O) groups excluding carboxylic acids is 2. The SMILES string of the molecule is Cc1sc(CNC(=O)OCC2c3ccccc3-c3ccccc32)nc1C(=O)N[C@H](CO)C(=O)O. The molecule has 0 bridgehead atoms. The van der Waals surface area contributed by atoms with Crippen LogP contribution in [0.1, 0.15) is 37.4 Å². The van der Waals surface area contributed by atoms with Gasteiger partial charge in [-0.15, -0.1) is 11.3 Å². The molecule has 1 aliphatic rings. The molecule has 1 atom stereocenters. The number of carboxylic acids is 1. The molecule has 1 heterocycles. The van der Waals surface area contributed by atoms with Crippen LogP contribution in [0.25, 0.3) is 11.1 Å². The Hall–Kier alpha value is -3.76. The molecule has 0 radical (unpaired) electrons. The molecule has 176 valence electrons. The van der Waals surface area contributed by atoms with Gasteiger partial charge in [-0.3, -0.25) is 4.79 Å². The van der Waals surface area contributed by atoms with Crippen molar-refractivity contribution in [3.63, 3.8) is 0 Å². The third-order valence-electron chi connectivity index (χ3n) is 5.57. The Morgan fingerprint density at radius 3 is 2.29 bits per heavy atom. The number of thiazole rings is 1. The van der Waals surface area contributed by atoms with Gasteiger partial charge in [-0.25, -0.2) is 14.6 Å². The van der Waals surface area contributed by atoms with Crippen LogP contribution >= 0.6 is 11.3 Å². The van der Waals surface area contributed by atoms with Crippen LogP contribution in [0.15, 0.2) is 48.5 Å². The first-order valence-electron chi connectivity index (χ1n) is 10.6. The minimum Gasteiger partial charge on any atom is -0.480 e. The quantitative estimate of drug-likeness (QED) is 0.388. The van der Waals surface area contributed by atoms with Crippen molar-refractivity contribution in [1.82, 2.24) is 15.6 Å². The summed E-state index contributed by atoms with van der Waals surface area (Å²) in [6, 6.07) is 14.7. The summed E-state index contributed by atoms with van der Waals surface area (Å²) in [5.74, 6) is -2.10. The van der Waals surface area contributed by atoms with E-state index in [2.05, 4.69) is 27.8 Å². The molecule has 2 amide bonds. The number of hydrogen-bond acceptors (Lipinski definition) is 7. The van der Waals surface area contributed by atoms with Gasteiger partial charge in [0.05, 0.1) is 13.2 Å². The van der Waals surface area contributed by atoms with Crippen LogP contribution in [0.2, 0.25) is 0 Å². The Bertz CT molecular complexity index is 1200. The van der Waals surface area contributed by atoms with Crippen LogP contribution in [0.3, 0.4) is 0 Å². The van der Waals surface area contributed by atoms with Crippen molar-refractivity contribution in [1.29, 1.82) is 0 Å². The molecular formula is C24H23N3O6S. The summed E-state index contributed by atoms with van der Waals surface area (Å²) in [6.45, 7) is 1.17. The molecule has 0 fully saturated rings. The maximum atomic E-state index is 12.4. The monoisotopic (exact) mass is 481 g/mol. The fourth-order valence-corrected chi connectivity index (χ4v) is 4.82. The third kappa shape index (κ3) is 4.78. The Morgan fingerprint density at radius 2 is 1.71 bits per heavy atom. The average molecular weight is 482 g/mol. The number of aromatic nitrogens is 1. The summed E-state index contributed by atoms with van der Waals surface area (Å²) in [7, 11) is 0. The Labute approximate surface area is 199 Å². The smallest absolute Gasteiger partial charge is 0.407 e. The summed E-state index contributed by atoms with van der Waals surface area (Å²) in [5.41, 5.74) is 4.56. The maximum absolute atomic E-state index is 12.4. The molecule has 1 aromatic heterocycles. The van der Waals surface area contributed by atoms with Crippen molar-refractivity contribution in [2.24, 2.45) is 0 Å². The second-order valence-electron chi connectivity index (χ2n) is 7.74. The van der Waals surface area contributed by atoms with Crippen LogP contribution in [-0.2, 0) is 16.1 Å². The summed E-state index contributed by atoms with van der Waals surface area (Å²) >= 11 is 1.20. The van der Waals surface area contributed by atoms with Gasteiger partial charge in [0, 0.05) is 10.8 Å². The molecule has 3 aromatic rings. The minimum atomic E-state index is -1.42. The first-order chi connectivity index (χ1) is 16.4. The molecular weight excluding hydrogens is 458 g/mol. The highest BCUT2D eigenvalue weighted by atomic mass is 32.1. The van der Waals surface area contributed by atoms with Gasteiger partial charge < -0.3 is 25.6 Å². The fourth-order valence-electron chi connectivity index (χ4n) is 3.95. The number of nitrogens with zero attached hydrogens (tertiary/aromatic N) is 1. The Balaban J connectivity index is 1.34. The molecule has 0 unspecified atom stereocenters. The highest BCUT2D eigenvalue weighted by molar-refractivity contribution is 7.11. The van der Waals surface area contributed by atoms with Gasteiger partial charge in [-0.2, -0.15) is 0 Å². The standard InChI is InChI=1S/C24H23N3O6S/c1-13-21(22(29)26-19(11-28)23(30)31)27-20(34-13)10-25-24(32)33-12-18-16-8-4-2-6-14(16)15-7-3-5-9-17(15)18/h2-9,18-19,28H,10-12H2,1H3,(H,25,32)(H,26,29)(H,30,31)/t19-/m1/s1. The number of carboxylic acid groups (broad SMARTS) is 1. The molecule has 0 spiro atoms. The summed E-state index contributed by atoms with van der Waals surface area (Å²) in [5, 5.41) is 23.4. The van der Waals surface area contributed by atoms with E-state index in [4.69, 9.17) is 14.9 Å². The van der Waals surface area contributed by atoms with E-state index in [1.54, 1.807) is 6.92 Å². The topological polar surface area (TPSA) is 138 Å². The maximum Gasteiger partial charge on any atom is 0.407 e. The van der Waals surface area contributed by atoms with Crippen molar-refractivity contribution in [3.8, 4) is 11.1 Å². The number of ether oxygens (including phenoxy) is 1. The van der Waals surface area contributed by atoms with E-state index < -0.39 is 30.6 Å². The fraction of sp³-hybridized carbons (Fsp3) is 0.250. The number of aliphatic hydroxyl groups is 1. The predicted molar refractivity (Wildman–Crippen MR) is 125 cm³/mol. The predicted octanol–water partition coefficient (Wildman–Crippen LogP) is 2.67. The molecule has 0 aliphatic heterocycles.